The normalized spacial score (nSPS) is 16.7. The summed E-state index contributed by atoms with van der Waals surface area (Å²) < 4.78 is 16.2. The van der Waals surface area contributed by atoms with Crippen molar-refractivity contribution in [2.75, 3.05) is 13.2 Å². The largest absolute Gasteiger partial charge is 0.381 e. The zero-order chi connectivity index (χ0) is 18.4. The van der Waals surface area contributed by atoms with Crippen LogP contribution in [0.25, 0.3) is 0 Å². The molecule has 138 valence electrons. The molecule has 0 amide bonds. The number of hydrogen-bond acceptors (Lipinski definition) is 6. The fourth-order valence-corrected chi connectivity index (χ4v) is 3.08. The van der Waals surface area contributed by atoms with E-state index in [1.54, 1.807) is 0 Å². The van der Waals surface area contributed by atoms with Gasteiger partial charge < -0.3 is 14.0 Å². The number of hydrogen-bond donors (Lipinski definition) is 0. The summed E-state index contributed by atoms with van der Waals surface area (Å²) >= 11 is 0. The van der Waals surface area contributed by atoms with Crippen molar-refractivity contribution < 1.29 is 23.6 Å². The van der Waals surface area contributed by atoms with E-state index in [1.807, 2.05) is 30.3 Å². The highest BCUT2D eigenvalue weighted by molar-refractivity contribution is 6.07. The molecule has 6 heteroatoms. The highest BCUT2D eigenvalue weighted by Gasteiger charge is 2.26. The standard InChI is InChI=1S/C20H23NO5/c1-14(22)19-18(13-25-12-15-5-3-2-4-6-15)26-21-20(19)17(23)8-7-16-9-10-24-11-16/h2-6,16H,7-13H2,1H3. The van der Waals surface area contributed by atoms with Crippen molar-refractivity contribution in [3.8, 4) is 0 Å². The number of carbonyl (C=O) groups excluding carboxylic acids is 2. The molecule has 2 heterocycles. The summed E-state index contributed by atoms with van der Waals surface area (Å²) in [6.07, 6.45) is 2.05. The molecule has 1 aliphatic rings. The number of rotatable bonds is 9. The number of Topliss-reactive ketones (excluding diaryl/α,β-unsaturated/α-hetero) is 2. The summed E-state index contributed by atoms with van der Waals surface area (Å²) in [6, 6.07) is 9.70. The van der Waals surface area contributed by atoms with E-state index in [0.717, 1.165) is 25.0 Å². The molecule has 1 saturated heterocycles. The SMILES string of the molecule is CC(=O)c1c(C(=O)CCC2CCOC2)noc1COCc1ccccc1. The summed E-state index contributed by atoms with van der Waals surface area (Å²) in [5.74, 6) is 0.304. The van der Waals surface area contributed by atoms with Crippen molar-refractivity contribution in [1.29, 1.82) is 0 Å². The molecule has 3 rings (SSSR count). The number of aromatic nitrogens is 1. The fourth-order valence-electron chi connectivity index (χ4n) is 3.08. The Kier molecular flexibility index (Phi) is 6.30. The number of ether oxygens (including phenoxy) is 2. The molecule has 0 aliphatic carbocycles. The monoisotopic (exact) mass is 357 g/mol. The van der Waals surface area contributed by atoms with Crippen LogP contribution in [0.4, 0.5) is 0 Å². The smallest absolute Gasteiger partial charge is 0.185 e. The predicted octanol–water partition coefficient (Wildman–Crippen LogP) is 3.59. The van der Waals surface area contributed by atoms with Gasteiger partial charge in [0, 0.05) is 19.6 Å². The quantitative estimate of drug-likeness (QED) is 0.638. The lowest BCUT2D eigenvalue weighted by Crippen LogP contribution is -2.10. The number of ketones is 2. The number of nitrogens with zero attached hydrogens (tertiary/aromatic N) is 1. The maximum Gasteiger partial charge on any atom is 0.185 e. The Balaban J connectivity index is 1.61. The van der Waals surface area contributed by atoms with Crippen LogP contribution < -0.4 is 0 Å². The van der Waals surface area contributed by atoms with Crippen molar-refractivity contribution in [2.24, 2.45) is 5.92 Å². The molecule has 1 aromatic carbocycles. The third-order valence-corrected chi connectivity index (χ3v) is 4.53. The lowest BCUT2D eigenvalue weighted by Gasteiger charge is -2.06. The van der Waals surface area contributed by atoms with Gasteiger partial charge in [-0.1, -0.05) is 35.5 Å². The van der Waals surface area contributed by atoms with E-state index in [4.69, 9.17) is 14.0 Å². The van der Waals surface area contributed by atoms with E-state index in [0.29, 0.717) is 31.3 Å². The van der Waals surface area contributed by atoms with Crippen LogP contribution in [0, 0.1) is 5.92 Å². The Hall–Kier alpha value is -2.31. The van der Waals surface area contributed by atoms with Gasteiger partial charge in [-0.2, -0.15) is 0 Å². The Morgan fingerprint density at radius 1 is 1.23 bits per heavy atom. The van der Waals surface area contributed by atoms with Gasteiger partial charge >= 0.3 is 0 Å². The third kappa shape index (κ3) is 4.65. The first kappa shape index (κ1) is 18.5. The van der Waals surface area contributed by atoms with Crippen LogP contribution >= 0.6 is 0 Å². The summed E-state index contributed by atoms with van der Waals surface area (Å²) in [5.41, 5.74) is 1.38. The second kappa shape index (κ2) is 8.87. The molecule has 1 fully saturated rings. The molecule has 0 saturated carbocycles. The van der Waals surface area contributed by atoms with Crippen molar-refractivity contribution in [1.82, 2.24) is 5.16 Å². The average Bonchev–Trinajstić information content (AvgIpc) is 3.30. The summed E-state index contributed by atoms with van der Waals surface area (Å²) in [4.78, 5) is 24.5. The highest BCUT2D eigenvalue weighted by atomic mass is 16.5. The lowest BCUT2D eigenvalue weighted by atomic mass is 9.98. The minimum atomic E-state index is -0.239. The first-order valence-corrected chi connectivity index (χ1v) is 8.87. The zero-order valence-electron chi connectivity index (χ0n) is 14.9. The van der Waals surface area contributed by atoms with Crippen LogP contribution in [0.2, 0.25) is 0 Å². The second-order valence-corrected chi connectivity index (χ2v) is 6.56. The Bertz CT molecular complexity index is 747. The fraction of sp³-hybridized carbons (Fsp3) is 0.450. The Labute approximate surface area is 152 Å². The van der Waals surface area contributed by atoms with Crippen LogP contribution in [0.15, 0.2) is 34.9 Å². The van der Waals surface area contributed by atoms with Gasteiger partial charge in [-0.05, 0) is 31.2 Å². The molecule has 1 aromatic heterocycles. The molecule has 0 bridgehead atoms. The average molecular weight is 357 g/mol. The molecular formula is C20H23NO5. The van der Waals surface area contributed by atoms with Crippen molar-refractivity contribution in [2.45, 2.75) is 39.4 Å². The van der Waals surface area contributed by atoms with Crippen molar-refractivity contribution in [3.63, 3.8) is 0 Å². The van der Waals surface area contributed by atoms with Gasteiger partial charge in [0.2, 0.25) is 0 Å². The summed E-state index contributed by atoms with van der Waals surface area (Å²) in [7, 11) is 0. The summed E-state index contributed by atoms with van der Waals surface area (Å²) in [6.45, 7) is 3.36. The topological polar surface area (TPSA) is 78.6 Å². The van der Waals surface area contributed by atoms with Gasteiger partial charge in [-0.3, -0.25) is 9.59 Å². The van der Waals surface area contributed by atoms with Crippen molar-refractivity contribution in [3.05, 3.63) is 52.9 Å². The van der Waals surface area contributed by atoms with Crippen LogP contribution in [-0.2, 0) is 22.7 Å². The zero-order valence-corrected chi connectivity index (χ0v) is 14.9. The van der Waals surface area contributed by atoms with Crippen LogP contribution in [0.1, 0.15) is 58.4 Å². The minimum Gasteiger partial charge on any atom is -0.381 e. The van der Waals surface area contributed by atoms with Crippen LogP contribution in [0.3, 0.4) is 0 Å². The Morgan fingerprint density at radius 3 is 2.73 bits per heavy atom. The molecule has 2 aromatic rings. The van der Waals surface area contributed by atoms with Crippen LogP contribution in [-0.4, -0.2) is 29.9 Å². The molecule has 6 nitrogen and oxygen atoms in total. The maximum atomic E-state index is 12.5. The highest BCUT2D eigenvalue weighted by Crippen LogP contribution is 2.22. The third-order valence-electron chi connectivity index (χ3n) is 4.53. The predicted molar refractivity (Wildman–Crippen MR) is 93.9 cm³/mol. The first-order chi connectivity index (χ1) is 12.6. The number of carbonyl (C=O) groups is 2. The molecule has 26 heavy (non-hydrogen) atoms. The number of benzene rings is 1. The van der Waals surface area contributed by atoms with Gasteiger partial charge in [-0.25, -0.2) is 0 Å². The lowest BCUT2D eigenvalue weighted by molar-refractivity contribution is 0.0855. The molecule has 1 atom stereocenters. The van der Waals surface area contributed by atoms with E-state index in [-0.39, 0.29) is 29.4 Å². The van der Waals surface area contributed by atoms with Gasteiger partial charge in [0.1, 0.15) is 6.61 Å². The van der Waals surface area contributed by atoms with E-state index >= 15 is 0 Å². The maximum absolute atomic E-state index is 12.5. The summed E-state index contributed by atoms with van der Waals surface area (Å²) in [5, 5.41) is 3.85. The molecular weight excluding hydrogens is 334 g/mol. The van der Waals surface area contributed by atoms with E-state index in [1.165, 1.54) is 6.92 Å². The molecule has 1 aliphatic heterocycles. The first-order valence-electron chi connectivity index (χ1n) is 8.87. The van der Waals surface area contributed by atoms with Gasteiger partial charge in [0.25, 0.3) is 0 Å². The van der Waals surface area contributed by atoms with Crippen molar-refractivity contribution >= 4 is 11.6 Å². The molecule has 1 unspecified atom stereocenters. The molecule has 0 spiro atoms. The van der Waals surface area contributed by atoms with Crippen LogP contribution in [0.5, 0.6) is 0 Å². The van der Waals surface area contributed by atoms with E-state index < -0.39 is 0 Å². The van der Waals surface area contributed by atoms with E-state index in [9.17, 15) is 9.59 Å². The minimum absolute atomic E-state index is 0.0978. The van der Waals surface area contributed by atoms with E-state index in [2.05, 4.69) is 5.16 Å². The van der Waals surface area contributed by atoms with Gasteiger partial charge in [0.15, 0.2) is 23.0 Å². The van der Waals surface area contributed by atoms with Gasteiger partial charge in [0.05, 0.1) is 12.2 Å². The Morgan fingerprint density at radius 2 is 2.04 bits per heavy atom. The molecule has 0 N–H and O–H groups in total. The second-order valence-electron chi connectivity index (χ2n) is 6.56. The molecule has 0 radical (unpaired) electrons. The van der Waals surface area contributed by atoms with Gasteiger partial charge in [-0.15, -0.1) is 0 Å².